The Balaban J connectivity index is 1.99. The molecular weight excluding hydrogens is 230 g/mol. The van der Waals surface area contributed by atoms with Crippen molar-refractivity contribution >= 4 is 5.97 Å². The van der Waals surface area contributed by atoms with Crippen molar-refractivity contribution in [2.45, 2.75) is 46.0 Å². The molecule has 0 amide bonds. The average molecular weight is 257 g/mol. The summed E-state index contributed by atoms with van der Waals surface area (Å²) >= 11 is 0. The number of carbonyl (C=O) groups excluding carboxylic acids is 1. The first-order valence-corrected chi connectivity index (χ1v) is 7.16. The summed E-state index contributed by atoms with van der Waals surface area (Å²) in [4.78, 5) is 11.0. The molecule has 4 nitrogen and oxygen atoms in total. The Labute approximate surface area is 110 Å². The van der Waals surface area contributed by atoms with Crippen LogP contribution in [0.5, 0.6) is 0 Å². The lowest BCUT2D eigenvalue weighted by molar-refractivity contribution is -0.148. The minimum atomic E-state index is -0.279. The highest BCUT2D eigenvalue weighted by molar-refractivity contribution is 5.70. The summed E-state index contributed by atoms with van der Waals surface area (Å²) in [5.41, 5.74) is 0.515. The monoisotopic (exact) mass is 257 g/mol. The van der Waals surface area contributed by atoms with Gasteiger partial charge in [0.25, 0.3) is 0 Å². The minimum absolute atomic E-state index is 0.0639. The van der Waals surface area contributed by atoms with Gasteiger partial charge in [0.05, 0.1) is 13.2 Å². The standard InChI is InChI=1S/C14H27NO3/c1-3-14(7-5-6-8-14)12-15-9-10-17-11-13(16)18-4-2/h15H,3-12H2,1-2H3. The molecule has 0 saturated heterocycles. The van der Waals surface area contributed by atoms with Crippen LogP contribution in [-0.2, 0) is 14.3 Å². The topological polar surface area (TPSA) is 47.6 Å². The fraction of sp³-hybridized carbons (Fsp3) is 0.929. The van der Waals surface area contributed by atoms with Crippen LogP contribution < -0.4 is 5.32 Å². The van der Waals surface area contributed by atoms with Crippen molar-refractivity contribution < 1.29 is 14.3 Å². The van der Waals surface area contributed by atoms with E-state index >= 15 is 0 Å². The Morgan fingerprint density at radius 1 is 1.28 bits per heavy atom. The number of ether oxygens (including phenoxy) is 2. The number of esters is 1. The van der Waals surface area contributed by atoms with Crippen molar-refractivity contribution in [2.75, 3.05) is 32.9 Å². The molecule has 0 spiro atoms. The van der Waals surface area contributed by atoms with E-state index in [1.807, 2.05) is 0 Å². The average Bonchev–Trinajstić information content (AvgIpc) is 2.83. The van der Waals surface area contributed by atoms with Gasteiger partial charge < -0.3 is 14.8 Å². The van der Waals surface area contributed by atoms with Crippen molar-refractivity contribution in [1.29, 1.82) is 0 Å². The molecular formula is C14H27NO3. The van der Waals surface area contributed by atoms with E-state index in [-0.39, 0.29) is 12.6 Å². The summed E-state index contributed by atoms with van der Waals surface area (Å²) in [6.07, 6.45) is 6.69. The van der Waals surface area contributed by atoms with Gasteiger partial charge in [-0.15, -0.1) is 0 Å². The van der Waals surface area contributed by atoms with Gasteiger partial charge in [-0.3, -0.25) is 0 Å². The lowest BCUT2D eigenvalue weighted by Gasteiger charge is -2.27. The van der Waals surface area contributed by atoms with Gasteiger partial charge in [-0.25, -0.2) is 4.79 Å². The van der Waals surface area contributed by atoms with Gasteiger partial charge in [0.2, 0.25) is 0 Å². The zero-order valence-corrected chi connectivity index (χ0v) is 11.8. The predicted molar refractivity (Wildman–Crippen MR) is 71.5 cm³/mol. The van der Waals surface area contributed by atoms with Gasteiger partial charge in [-0.1, -0.05) is 19.8 Å². The quantitative estimate of drug-likeness (QED) is 0.508. The van der Waals surface area contributed by atoms with Crippen LogP contribution in [0.2, 0.25) is 0 Å². The first kappa shape index (κ1) is 15.4. The van der Waals surface area contributed by atoms with Crippen LogP contribution >= 0.6 is 0 Å². The number of hydrogen-bond donors (Lipinski definition) is 1. The largest absolute Gasteiger partial charge is 0.464 e. The van der Waals surface area contributed by atoms with E-state index in [9.17, 15) is 4.79 Å². The van der Waals surface area contributed by atoms with Gasteiger partial charge in [0, 0.05) is 13.1 Å². The first-order valence-electron chi connectivity index (χ1n) is 7.16. The summed E-state index contributed by atoms with van der Waals surface area (Å²) in [6.45, 7) is 7.01. The Kier molecular flexibility index (Phi) is 7.28. The third-order valence-corrected chi connectivity index (χ3v) is 3.86. The fourth-order valence-corrected chi connectivity index (χ4v) is 2.64. The molecule has 0 bridgehead atoms. The molecule has 0 atom stereocenters. The van der Waals surface area contributed by atoms with Gasteiger partial charge in [0.15, 0.2) is 0 Å². The van der Waals surface area contributed by atoms with E-state index in [2.05, 4.69) is 12.2 Å². The van der Waals surface area contributed by atoms with Crippen molar-refractivity contribution in [3.8, 4) is 0 Å². The number of carbonyl (C=O) groups is 1. The summed E-state index contributed by atoms with van der Waals surface area (Å²) in [5, 5.41) is 3.45. The third-order valence-electron chi connectivity index (χ3n) is 3.86. The van der Waals surface area contributed by atoms with Crippen LogP contribution in [0.1, 0.15) is 46.0 Å². The number of nitrogens with one attached hydrogen (secondary N) is 1. The van der Waals surface area contributed by atoms with E-state index in [0.29, 0.717) is 18.6 Å². The van der Waals surface area contributed by atoms with Crippen LogP contribution in [0.15, 0.2) is 0 Å². The Morgan fingerprint density at radius 2 is 2.00 bits per heavy atom. The van der Waals surface area contributed by atoms with Crippen LogP contribution in [0.25, 0.3) is 0 Å². The maximum atomic E-state index is 11.0. The highest BCUT2D eigenvalue weighted by Gasteiger charge is 2.31. The molecule has 0 heterocycles. The van der Waals surface area contributed by atoms with Crippen molar-refractivity contribution in [3.63, 3.8) is 0 Å². The van der Waals surface area contributed by atoms with E-state index in [1.54, 1.807) is 6.92 Å². The molecule has 1 rings (SSSR count). The Bertz CT molecular complexity index is 237. The van der Waals surface area contributed by atoms with E-state index in [0.717, 1.165) is 13.1 Å². The van der Waals surface area contributed by atoms with Crippen LogP contribution in [0.3, 0.4) is 0 Å². The van der Waals surface area contributed by atoms with E-state index < -0.39 is 0 Å². The molecule has 0 aliphatic heterocycles. The Morgan fingerprint density at radius 3 is 2.61 bits per heavy atom. The fourth-order valence-electron chi connectivity index (χ4n) is 2.64. The molecule has 0 aromatic rings. The molecule has 0 aromatic carbocycles. The van der Waals surface area contributed by atoms with E-state index in [1.165, 1.54) is 32.1 Å². The molecule has 1 aliphatic rings. The summed E-state index contributed by atoms with van der Waals surface area (Å²) in [7, 11) is 0. The van der Waals surface area contributed by atoms with Crippen LogP contribution in [0, 0.1) is 5.41 Å². The second-order valence-corrected chi connectivity index (χ2v) is 5.10. The van der Waals surface area contributed by atoms with Crippen molar-refractivity contribution in [3.05, 3.63) is 0 Å². The molecule has 1 saturated carbocycles. The molecule has 106 valence electrons. The SMILES string of the molecule is CCOC(=O)COCCNCC1(CC)CCCC1. The smallest absolute Gasteiger partial charge is 0.332 e. The second kappa shape index (κ2) is 8.48. The Hall–Kier alpha value is -0.610. The number of hydrogen-bond acceptors (Lipinski definition) is 4. The van der Waals surface area contributed by atoms with Crippen LogP contribution in [-0.4, -0.2) is 38.9 Å². The zero-order valence-electron chi connectivity index (χ0n) is 11.8. The highest BCUT2D eigenvalue weighted by Crippen LogP contribution is 2.40. The highest BCUT2D eigenvalue weighted by atomic mass is 16.6. The lowest BCUT2D eigenvalue weighted by atomic mass is 9.83. The first-order chi connectivity index (χ1) is 8.72. The summed E-state index contributed by atoms with van der Waals surface area (Å²) < 4.78 is 10.0. The van der Waals surface area contributed by atoms with Gasteiger partial charge in [0.1, 0.15) is 6.61 Å². The minimum Gasteiger partial charge on any atom is -0.464 e. The summed E-state index contributed by atoms with van der Waals surface area (Å²) in [5.74, 6) is -0.279. The van der Waals surface area contributed by atoms with E-state index in [4.69, 9.17) is 9.47 Å². The van der Waals surface area contributed by atoms with Crippen molar-refractivity contribution in [2.24, 2.45) is 5.41 Å². The third kappa shape index (κ3) is 5.36. The summed E-state index contributed by atoms with van der Waals surface area (Å²) in [6, 6.07) is 0. The molecule has 18 heavy (non-hydrogen) atoms. The lowest BCUT2D eigenvalue weighted by Crippen LogP contribution is -2.33. The molecule has 1 N–H and O–H groups in total. The second-order valence-electron chi connectivity index (χ2n) is 5.10. The molecule has 0 unspecified atom stereocenters. The maximum absolute atomic E-state index is 11.0. The normalized spacial score (nSPS) is 17.9. The van der Waals surface area contributed by atoms with Gasteiger partial charge in [-0.2, -0.15) is 0 Å². The predicted octanol–water partition coefficient (Wildman–Crippen LogP) is 2.13. The van der Waals surface area contributed by atoms with Gasteiger partial charge >= 0.3 is 5.97 Å². The van der Waals surface area contributed by atoms with Crippen LogP contribution in [0.4, 0.5) is 0 Å². The molecule has 0 aromatic heterocycles. The zero-order chi connectivity index (χ0) is 13.3. The molecule has 0 radical (unpaired) electrons. The molecule has 4 heteroatoms. The van der Waals surface area contributed by atoms with Crippen molar-refractivity contribution in [1.82, 2.24) is 5.32 Å². The number of rotatable bonds is 9. The van der Waals surface area contributed by atoms with Gasteiger partial charge in [-0.05, 0) is 31.6 Å². The maximum Gasteiger partial charge on any atom is 0.332 e. The molecule has 1 aliphatic carbocycles. The molecule has 1 fully saturated rings.